The maximum atomic E-state index is 5.42. The van der Waals surface area contributed by atoms with Gasteiger partial charge in [0.1, 0.15) is 0 Å². The summed E-state index contributed by atoms with van der Waals surface area (Å²) in [4.78, 5) is 11.7. The first-order valence-corrected chi connectivity index (χ1v) is 9.67. The molecule has 2 heterocycles. The second kappa shape index (κ2) is 7.81. The zero-order valence-electron chi connectivity index (χ0n) is 14.8. The van der Waals surface area contributed by atoms with Crippen LogP contribution in [0.4, 0.5) is 10.8 Å². The van der Waals surface area contributed by atoms with Gasteiger partial charge >= 0.3 is 0 Å². The number of morpholine rings is 1. The van der Waals surface area contributed by atoms with Crippen LogP contribution in [0.1, 0.15) is 12.5 Å². The summed E-state index contributed by atoms with van der Waals surface area (Å²) in [7, 11) is 0. The number of hydrogen-bond acceptors (Lipinski definition) is 5. The fourth-order valence-electron chi connectivity index (χ4n) is 3.00. The van der Waals surface area contributed by atoms with Gasteiger partial charge < -0.3 is 9.64 Å². The molecule has 4 nitrogen and oxygen atoms in total. The number of hydrogen-bond donors (Lipinski definition) is 0. The van der Waals surface area contributed by atoms with E-state index in [0.29, 0.717) is 0 Å². The SMILES string of the molecule is C/C(=N\c1nc(-c2ccccc2)cs1)c1ccc(N2CCOCC2)cc1. The summed E-state index contributed by atoms with van der Waals surface area (Å²) in [6, 6.07) is 18.8. The number of nitrogens with zero attached hydrogens (tertiary/aromatic N) is 3. The lowest BCUT2D eigenvalue weighted by molar-refractivity contribution is 0.122. The Bertz CT molecular complexity index is 881. The molecule has 0 aliphatic carbocycles. The van der Waals surface area contributed by atoms with Crippen molar-refractivity contribution < 1.29 is 4.74 Å². The zero-order valence-corrected chi connectivity index (χ0v) is 15.6. The third-order valence-corrected chi connectivity index (χ3v) is 5.22. The molecule has 4 rings (SSSR count). The van der Waals surface area contributed by atoms with Gasteiger partial charge in [0.2, 0.25) is 5.13 Å². The van der Waals surface area contributed by atoms with Gasteiger partial charge in [0, 0.05) is 35.4 Å². The summed E-state index contributed by atoms with van der Waals surface area (Å²) in [5, 5.41) is 2.85. The van der Waals surface area contributed by atoms with Crippen LogP contribution in [0.25, 0.3) is 11.3 Å². The summed E-state index contributed by atoms with van der Waals surface area (Å²) >= 11 is 1.57. The smallest absolute Gasteiger partial charge is 0.209 e. The van der Waals surface area contributed by atoms with Crippen LogP contribution >= 0.6 is 11.3 Å². The van der Waals surface area contributed by atoms with Gasteiger partial charge in [-0.05, 0) is 24.6 Å². The number of ether oxygens (including phenoxy) is 1. The number of benzene rings is 2. The maximum absolute atomic E-state index is 5.42. The summed E-state index contributed by atoms with van der Waals surface area (Å²) < 4.78 is 5.42. The number of aliphatic imine (C=N–C) groups is 1. The molecule has 0 N–H and O–H groups in total. The van der Waals surface area contributed by atoms with Crippen LogP contribution in [0, 0.1) is 0 Å². The minimum Gasteiger partial charge on any atom is -0.378 e. The van der Waals surface area contributed by atoms with Crippen LogP contribution in [-0.4, -0.2) is 37.0 Å². The van der Waals surface area contributed by atoms with Gasteiger partial charge in [-0.15, -0.1) is 11.3 Å². The Morgan fingerprint density at radius 1 is 1.04 bits per heavy atom. The first-order chi connectivity index (χ1) is 12.8. The average Bonchev–Trinajstić information content (AvgIpc) is 3.18. The molecule has 0 amide bonds. The van der Waals surface area contributed by atoms with Gasteiger partial charge in [0.25, 0.3) is 0 Å². The third-order valence-electron chi connectivity index (χ3n) is 4.49. The number of thiazole rings is 1. The van der Waals surface area contributed by atoms with E-state index in [1.807, 2.05) is 25.1 Å². The molecule has 132 valence electrons. The lowest BCUT2D eigenvalue weighted by Gasteiger charge is -2.28. The lowest BCUT2D eigenvalue weighted by Crippen LogP contribution is -2.36. The van der Waals surface area contributed by atoms with Crippen molar-refractivity contribution in [2.75, 3.05) is 31.2 Å². The monoisotopic (exact) mass is 363 g/mol. The summed E-state index contributed by atoms with van der Waals surface area (Å²) in [6.07, 6.45) is 0. The molecule has 1 saturated heterocycles. The van der Waals surface area contributed by atoms with Gasteiger partial charge in [-0.3, -0.25) is 0 Å². The van der Waals surface area contributed by atoms with Crippen LogP contribution in [0.5, 0.6) is 0 Å². The van der Waals surface area contributed by atoms with E-state index in [1.54, 1.807) is 11.3 Å². The Morgan fingerprint density at radius 2 is 1.77 bits per heavy atom. The van der Waals surface area contributed by atoms with Gasteiger partial charge in [-0.1, -0.05) is 42.5 Å². The molecule has 0 spiro atoms. The topological polar surface area (TPSA) is 37.7 Å². The van der Waals surface area contributed by atoms with Crippen LogP contribution in [0.15, 0.2) is 65.0 Å². The molecule has 2 aromatic carbocycles. The normalized spacial score (nSPS) is 15.3. The van der Waals surface area contributed by atoms with E-state index in [9.17, 15) is 0 Å². The third kappa shape index (κ3) is 3.84. The number of anilines is 1. The molecule has 1 aliphatic rings. The quantitative estimate of drug-likeness (QED) is 0.626. The summed E-state index contributed by atoms with van der Waals surface area (Å²) in [5.41, 5.74) is 5.44. The molecule has 0 atom stereocenters. The van der Waals surface area contributed by atoms with Crippen molar-refractivity contribution in [3.8, 4) is 11.3 Å². The lowest BCUT2D eigenvalue weighted by atomic mass is 10.1. The Kier molecular flexibility index (Phi) is 5.09. The van der Waals surface area contributed by atoms with E-state index in [1.165, 1.54) is 5.69 Å². The Labute approximate surface area is 157 Å². The minimum atomic E-state index is 0.790. The highest BCUT2D eigenvalue weighted by atomic mass is 32.1. The Morgan fingerprint density at radius 3 is 2.50 bits per heavy atom. The minimum absolute atomic E-state index is 0.790. The van der Waals surface area contributed by atoms with Crippen LogP contribution in [0.2, 0.25) is 0 Å². The zero-order chi connectivity index (χ0) is 17.8. The fourth-order valence-corrected chi connectivity index (χ4v) is 3.75. The van der Waals surface area contributed by atoms with Gasteiger partial charge in [0.05, 0.1) is 18.9 Å². The molecule has 1 aliphatic heterocycles. The van der Waals surface area contributed by atoms with E-state index >= 15 is 0 Å². The van der Waals surface area contributed by atoms with E-state index < -0.39 is 0 Å². The number of aromatic nitrogens is 1. The molecule has 0 saturated carbocycles. The van der Waals surface area contributed by atoms with Crippen molar-refractivity contribution in [1.29, 1.82) is 0 Å². The highest BCUT2D eigenvalue weighted by Gasteiger charge is 2.11. The van der Waals surface area contributed by atoms with Crippen LogP contribution < -0.4 is 4.90 Å². The molecule has 26 heavy (non-hydrogen) atoms. The Hall–Kier alpha value is -2.50. The van der Waals surface area contributed by atoms with Gasteiger partial charge in [0.15, 0.2) is 0 Å². The average molecular weight is 363 g/mol. The van der Waals surface area contributed by atoms with Crippen molar-refractivity contribution in [2.24, 2.45) is 4.99 Å². The second-order valence-corrected chi connectivity index (χ2v) is 7.06. The first kappa shape index (κ1) is 16.9. The highest BCUT2D eigenvalue weighted by Crippen LogP contribution is 2.27. The standard InChI is InChI=1S/C21H21N3OS/c1-16(17-7-9-19(10-8-17)24-11-13-25-14-12-24)22-21-23-20(15-26-21)18-5-3-2-4-6-18/h2-10,15H,11-14H2,1H3/b22-16+. The summed E-state index contributed by atoms with van der Waals surface area (Å²) in [5.74, 6) is 0. The van der Waals surface area contributed by atoms with E-state index in [2.05, 4.69) is 51.7 Å². The summed E-state index contributed by atoms with van der Waals surface area (Å²) in [6.45, 7) is 5.54. The van der Waals surface area contributed by atoms with Crippen molar-refractivity contribution in [3.05, 3.63) is 65.5 Å². The predicted octanol–water partition coefficient (Wildman–Crippen LogP) is 4.79. The van der Waals surface area contributed by atoms with Crippen molar-refractivity contribution in [2.45, 2.75) is 6.92 Å². The molecular weight excluding hydrogens is 342 g/mol. The van der Waals surface area contributed by atoms with Gasteiger partial charge in [-0.2, -0.15) is 0 Å². The molecule has 5 heteroatoms. The molecule has 0 unspecified atom stereocenters. The Balaban J connectivity index is 1.50. The van der Waals surface area contributed by atoms with Crippen molar-refractivity contribution >= 4 is 27.9 Å². The largest absolute Gasteiger partial charge is 0.378 e. The second-order valence-electron chi connectivity index (χ2n) is 6.22. The molecule has 0 bridgehead atoms. The molecule has 0 radical (unpaired) electrons. The van der Waals surface area contributed by atoms with Crippen LogP contribution in [0.3, 0.4) is 0 Å². The molecule has 3 aromatic rings. The van der Waals surface area contributed by atoms with Crippen LogP contribution in [-0.2, 0) is 4.74 Å². The maximum Gasteiger partial charge on any atom is 0.209 e. The van der Waals surface area contributed by atoms with E-state index in [0.717, 1.165) is 54.0 Å². The van der Waals surface area contributed by atoms with Gasteiger partial charge in [-0.25, -0.2) is 9.98 Å². The number of rotatable bonds is 4. The predicted molar refractivity (Wildman–Crippen MR) is 109 cm³/mol. The van der Waals surface area contributed by atoms with Crippen molar-refractivity contribution in [3.63, 3.8) is 0 Å². The fraction of sp³-hybridized carbons (Fsp3) is 0.238. The first-order valence-electron chi connectivity index (χ1n) is 8.79. The van der Waals surface area contributed by atoms with E-state index in [-0.39, 0.29) is 0 Å². The molecule has 1 aromatic heterocycles. The molecular formula is C21H21N3OS. The molecule has 1 fully saturated rings. The van der Waals surface area contributed by atoms with E-state index in [4.69, 9.17) is 9.73 Å². The highest BCUT2D eigenvalue weighted by molar-refractivity contribution is 7.13. The van der Waals surface area contributed by atoms with Crippen molar-refractivity contribution in [1.82, 2.24) is 4.98 Å².